The third kappa shape index (κ3) is 2.83. The average molecular weight is 329 g/mol. The van der Waals surface area contributed by atoms with Gasteiger partial charge in [0.2, 0.25) is 0 Å². The van der Waals surface area contributed by atoms with Crippen molar-refractivity contribution in [3.8, 4) is 11.4 Å². The molecule has 0 bridgehead atoms. The first-order chi connectivity index (χ1) is 12.2. The first kappa shape index (κ1) is 15.0. The highest BCUT2D eigenvalue weighted by atomic mass is 16.3. The van der Waals surface area contributed by atoms with Crippen LogP contribution in [-0.2, 0) is 0 Å². The van der Waals surface area contributed by atoms with Gasteiger partial charge in [0.05, 0.1) is 11.2 Å². The SMILES string of the molecule is O=C(Nc1ccccc1)c1nn(-c2ccc(O)cc2)c2ccccc12. The zero-order valence-corrected chi connectivity index (χ0v) is 13.3. The highest BCUT2D eigenvalue weighted by molar-refractivity contribution is 6.11. The molecule has 5 heteroatoms. The molecule has 122 valence electrons. The van der Waals surface area contributed by atoms with Crippen molar-refractivity contribution in [2.75, 3.05) is 5.32 Å². The van der Waals surface area contributed by atoms with Gasteiger partial charge in [-0.2, -0.15) is 5.10 Å². The largest absolute Gasteiger partial charge is 0.508 e. The second kappa shape index (κ2) is 6.13. The fraction of sp³-hybridized carbons (Fsp3) is 0. The summed E-state index contributed by atoms with van der Waals surface area (Å²) in [6.45, 7) is 0. The van der Waals surface area contributed by atoms with Crippen LogP contribution in [0.15, 0.2) is 78.9 Å². The van der Waals surface area contributed by atoms with Crippen LogP contribution in [0.4, 0.5) is 5.69 Å². The lowest BCUT2D eigenvalue weighted by atomic mass is 10.2. The highest BCUT2D eigenvalue weighted by Crippen LogP contribution is 2.24. The summed E-state index contributed by atoms with van der Waals surface area (Å²) in [5.74, 6) is -0.0813. The van der Waals surface area contributed by atoms with Gasteiger partial charge in [-0.1, -0.05) is 36.4 Å². The zero-order chi connectivity index (χ0) is 17.2. The molecule has 0 unspecified atom stereocenters. The number of nitrogens with one attached hydrogen (secondary N) is 1. The van der Waals surface area contributed by atoms with Crippen LogP contribution < -0.4 is 5.32 Å². The molecule has 0 radical (unpaired) electrons. The molecule has 1 amide bonds. The Labute approximate surface area is 144 Å². The molecule has 0 atom stereocenters. The van der Waals surface area contributed by atoms with E-state index in [1.54, 1.807) is 28.9 Å². The van der Waals surface area contributed by atoms with Gasteiger partial charge in [0, 0.05) is 11.1 Å². The van der Waals surface area contributed by atoms with E-state index in [-0.39, 0.29) is 11.7 Å². The second-order valence-corrected chi connectivity index (χ2v) is 5.61. The summed E-state index contributed by atoms with van der Waals surface area (Å²) in [5.41, 5.74) is 2.67. The van der Waals surface area contributed by atoms with E-state index in [1.165, 1.54) is 0 Å². The van der Waals surface area contributed by atoms with Gasteiger partial charge in [-0.25, -0.2) is 4.68 Å². The monoisotopic (exact) mass is 329 g/mol. The van der Waals surface area contributed by atoms with Crippen molar-refractivity contribution < 1.29 is 9.90 Å². The molecule has 0 aliphatic heterocycles. The molecule has 5 nitrogen and oxygen atoms in total. The van der Waals surface area contributed by atoms with E-state index in [0.29, 0.717) is 5.69 Å². The van der Waals surface area contributed by atoms with Crippen LogP contribution in [0.2, 0.25) is 0 Å². The Hall–Kier alpha value is -3.60. The Balaban J connectivity index is 1.79. The lowest BCUT2D eigenvalue weighted by Gasteiger charge is -2.03. The Bertz CT molecular complexity index is 1040. The van der Waals surface area contributed by atoms with Crippen LogP contribution >= 0.6 is 0 Å². The molecular formula is C20H15N3O2. The van der Waals surface area contributed by atoms with Gasteiger partial charge in [0.15, 0.2) is 5.69 Å². The zero-order valence-electron chi connectivity index (χ0n) is 13.3. The molecule has 1 aromatic heterocycles. The number of nitrogens with zero attached hydrogens (tertiary/aromatic N) is 2. The van der Waals surface area contributed by atoms with Gasteiger partial charge in [-0.3, -0.25) is 4.79 Å². The molecule has 1 heterocycles. The maximum Gasteiger partial charge on any atom is 0.276 e. The smallest absolute Gasteiger partial charge is 0.276 e. The molecule has 4 aromatic rings. The number of anilines is 1. The third-order valence-electron chi connectivity index (χ3n) is 3.93. The lowest BCUT2D eigenvalue weighted by molar-refractivity contribution is 0.102. The Morgan fingerprint density at radius 3 is 2.32 bits per heavy atom. The van der Waals surface area contributed by atoms with E-state index in [9.17, 15) is 9.90 Å². The summed E-state index contributed by atoms with van der Waals surface area (Å²) >= 11 is 0. The van der Waals surface area contributed by atoms with Crippen LogP contribution in [-0.4, -0.2) is 20.8 Å². The molecule has 25 heavy (non-hydrogen) atoms. The first-order valence-corrected chi connectivity index (χ1v) is 7.86. The number of rotatable bonds is 3. The number of amides is 1. The molecule has 0 fully saturated rings. The van der Waals surface area contributed by atoms with Crippen molar-refractivity contribution in [1.82, 2.24) is 9.78 Å². The minimum absolute atomic E-state index is 0.183. The predicted molar refractivity (Wildman–Crippen MR) is 97.1 cm³/mol. The number of phenols is 1. The number of carbonyl (C=O) groups is 1. The number of fused-ring (bicyclic) bond motifs is 1. The first-order valence-electron chi connectivity index (χ1n) is 7.86. The van der Waals surface area contributed by atoms with Crippen LogP contribution in [0.1, 0.15) is 10.5 Å². The molecule has 0 spiro atoms. The number of hydrogen-bond acceptors (Lipinski definition) is 3. The molecule has 3 aromatic carbocycles. The topological polar surface area (TPSA) is 67.2 Å². The van der Waals surface area contributed by atoms with Crippen molar-refractivity contribution in [1.29, 1.82) is 0 Å². The van der Waals surface area contributed by atoms with Gasteiger partial charge in [-0.15, -0.1) is 0 Å². The number of hydrogen-bond donors (Lipinski definition) is 2. The lowest BCUT2D eigenvalue weighted by Crippen LogP contribution is -2.13. The van der Waals surface area contributed by atoms with Gasteiger partial charge in [0.1, 0.15) is 5.75 Å². The van der Waals surface area contributed by atoms with Crippen LogP contribution in [0, 0.1) is 0 Å². The standard InChI is InChI=1S/C20H15N3O2/c24-16-12-10-15(11-13-16)23-18-9-5-4-8-17(18)19(22-23)20(25)21-14-6-2-1-3-7-14/h1-13,24H,(H,21,25). The van der Waals surface area contributed by atoms with Gasteiger partial charge in [0.25, 0.3) is 5.91 Å². The number of benzene rings is 3. The average Bonchev–Trinajstić information content (AvgIpc) is 3.03. The summed E-state index contributed by atoms with van der Waals surface area (Å²) < 4.78 is 1.70. The Morgan fingerprint density at radius 2 is 1.56 bits per heavy atom. The molecule has 0 saturated carbocycles. The van der Waals surface area contributed by atoms with E-state index in [1.807, 2.05) is 54.6 Å². The maximum atomic E-state index is 12.7. The van der Waals surface area contributed by atoms with Gasteiger partial charge < -0.3 is 10.4 Å². The van der Waals surface area contributed by atoms with E-state index < -0.39 is 0 Å². The Morgan fingerprint density at radius 1 is 0.880 bits per heavy atom. The maximum absolute atomic E-state index is 12.7. The van der Waals surface area contributed by atoms with E-state index >= 15 is 0 Å². The normalized spacial score (nSPS) is 10.7. The van der Waals surface area contributed by atoms with Crippen LogP contribution in [0.25, 0.3) is 16.6 Å². The minimum Gasteiger partial charge on any atom is -0.508 e. The number of aromatic hydroxyl groups is 1. The number of para-hydroxylation sites is 2. The summed E-state index contributed by atoms with van der Waals surface area (Å²) in [5, 5.41) is 17.6. The highest BCUT2D eigenvalue weighted by Gasteiger charge is 2.17. The molecule has 0 aliphatic rings. The predicted octanol–water partition coefficient (Wildman–Crippen LogP) is 3.98. The molecule has 2 N–H and O–H groups in total. The summed E-state index contributed by atoms with van der Waals surface area (Å²) in [6.07, 6.45) is 0. The molecular weight excluding hydrogens is 314 g/mol. The summed E-state index contributed by atoms with van der Waals surface area (Å²) in [7, 11) is 0. The van der Waals surface area contributed by atoms with Gasteiger partial charge in [-0.05, 0) is 42.5 Å². The number of aromatic nitrogens is 2. The van der Waals surface area contributed by atoms with Crippen LogP contribution in [0.3, 0.4) is 0 Å². The van der Waals surface area contributed by atoms with Crippen molar-refractivity contribution >= 4 is 22.5 Å². The van der Waals surface area contributed by atoms with Crippen molar-refractivity contribution in [3.63, 3.8) is 0 Å². The van der Waals surface area contributed by atoms with Crippen molar-refractivity contribution in [2.24, 2.45) is 0 Å². The molecule has 4 rings (SSSR count). The molecule has 0 saturated heterocycles. The summed E-state index contributed by atoms with van der Waals surface area (Å²) in [6, 6.07) is 23.6. The Kier molecular flexibility index (Phi) is 3.67. The summed E-state index contributed by atoms with van der Waals surface area (Å²) in [4.78, 5) is 12.7. The van der Waals surface area contributed by atoms with Crippen molar-refractivity contribution in [2.45, 2.75) is 0 Å². The van der Waals surface area contributed by atoms with E-state index in [4.69, 9.17) is 0 Å². The third-order valence-corrected chi connectivity index (χ3v) is 3.93. The van der Waals surface area contributed by atoms with E-state index in [0.717, 1.165) is 22.3 Å². The second-order valence-electron chi connectivity index (χ2n) is 5.61. The fourth-order valence-electron chi connectivity index (χ4n) is 2.74. The van der Waals surface area contributed by atoms with Crippen LogP contribution in [0.5, 0.6) is 5.75 Å². The fourth-order valence-corrected chi connectivity index (χ4v) is 2.74. The minimum atomic E-state index is -0.264. The van der Waals surface area contributed by atoms with Crippen molar-refractivity contribution in [3.05, 3.63) is 84.6 Å². The quantitative estimate of drug-likeness (QED) is 0.597. The van der Waals surface area contributed by atoms with Gasteiger partial charge >= 0.3 is 0 Å². The number of carbonyl (C=O) groups excluding carboxylic acids is 1. The van der Waals surface area contributed by atoms with E-state index in [2.05, 4.69) is 10.4 Å². The molecule has 0 aliphatic carbocycles. The number of phenolic OH excluding ortho intramolecular Hbond substituents is 1.